The first-order chi connectivity index (χ1) is 9.43. The third-order valence-corrected chi connectivity index (χ3v) is 2.89. The summed E-state index contributed by atoms with van der Waals surface area (Å²) in [5.41, 5.74) is 6.77. The molecule has 1 aromatic rings. The van der Waals surface area contributed by atoms with Crippen molar-refractivity contribution in [3.8, 4) is 18.1 Å². The molecule has 0 aromatic heterocycles. The van der Waals surface area contributed by atoms with Crippen molar-refractivity contribution in [2.24, 2.45) is 5.73 Å². The molecule has 1 amide bonds. The molecule has 0 bridgehead atoms. The van der Waals surface area contributed by atoms with Gasteiger partial charge in [0.2, 0.25) is 0 Å². The zero-order chi connectivity index (χ0) is 15.1. The van der Waals surface area contributed by atoms with Crippen LogP contribution in [-0.2, 0) is 11.2 Å². The van der Waals surface area contributed by atoms with Gasteiger partial charge in [0.15, 0.2) is 6.10 Å². The van der Waals surface area contributed by atoms with Gasteiger partial charge in [-0.3, -0.25) is 4.79 Å². The van der Waals surface area contributed by atoms with Crippen LogP contribution in [0.4, 0.5) is 0 Å². The number of rotatable bonds is 6. The van der Waals surface area contributed by atoms with E-state index in [1.54, 1.807) is 19.1 Å². The summed E-state index contributed by atoms with van der Waals surface area (Å²) in [7, 11) is 0. The fraction of sp³-hybridized carbons (Fsp3) is 0.400. The van der Waals surface area contributed by atoms with Gasteiger partial charge in [0.05, 0.1) is 11.6 Å². The number of nitrogens with one attached hydrogen (secondary N) is 1. The Labute approximate surface area is 124 Å². The summed E-state index contributed by atoms with van der Waals surface area (Å²) in [4.78, 5) is 11.6. The van der Waals surface area contributed by atoms with Gasteiger partial charge in [0, 0.05) is 6.04 Å². The molecule has 3 N–H and O–H groups in total. The third kappa shape index (κ3) is 5.12. The molecular weight excluding hydrogens is 276 g/mol. The SMILES string of the molecule is C#CCNC(=O)C(C)Oc1ccc(CC(C)N)cc1Cl. The summed E-state index contributed by atoms with van der Waals surface area (Å²) in [5.74, 6) is 2.51. The van der Waals surface area contributed by atoms with E-state index in [4.69, 9.17) is 28.5 Å². The number of ether oxygens (including phenoxy) is 1. The Morgan fingerprint density at radius 1 is 1.55 bits per heavy atom. The number of carbonyl (C=O) groups excluding carboxylic acids is 1. The van der Waals surface area contributed by atoms with Crippen molar-refractivity contribution in [2.45, 2.75) is 32.4 Å². The summed E-state index contributed by atoms with van der Waals surface area (Å²) in [6, 6.07) is 5.49. The lowest BCUT2D eigenvalue weighted by molar-refractivity contribution is -0.126. The smallest absolute Gasteiger partial charge is 0.261 e. The third-order valence-electron chi connectivity index (χ3n) is 2.59. The van der Waals surface area contributed by atoms with Gasteiger partial charge in [0.1, 0.15) is 5.75 Å². The molecular formula is C15H19ClN2O2. The van der Waals surface area contributed by atoms with Crippen molar-refractivity contribution in [1.29, 1.82) is 0 Å². The van der Waals surface area contributed by atoms with Gasteiger partial charge in [-0.25, -0.2) is 0 Å². The molecule has 0 aliphatic rings. The van der Waals surface area contributed by atoms with Crippen LogP contribution in [0.2, 0.25) is 5.02 Å². The minimum absolute atomic E-state index is 0.0614. The van der Waals surface area contributed by atoms with E-state index in [1.165, 1.54) is 0 Å². The predicted octanol–water partition coefficient (Wildman–Crippen LogP) is 1.75. The van der Waals surface area contributed by atoms with Crippen LogP contribution in [0.15, 0.2) is 18.2 Å². The van der Waals surface area contributed by atoms with Gasteiger partial charge >= 0.3 is 0 Å². The van der Waals surface area contributed by atoms with Crippen molar-refractivity contribution < 1.29 is 9.53 Å². The van der Waals surface area contributed by atoms with Crippen LogP contribution in [-0.4, -0.2) is 24.6 Å². The highest BCUT2D eigenvalue weighted by molar-refractivity contribution is 6.32. The number of halogens is 1. The van der Waals surface area contributed by atoms with Crippen molar-refractivity contribution >= 4 is 17.5 Å². The lowest BCUT2D eigenvalue weighted by atomic mass is 10.1. The van der Waals surface area contributed by atoms with Crippen molar-refractivity contribution in [3.05, 3.63) is 28.8 Å². The van der Waals surface area contributed by atoms with Gasteiger partial charge in [-0.2, -0.15) is 0 Å². The number of hydrogen-bond donors (Lipinski definition) is 2. The summed E-state index contributed by atoms with van der Waals surface area (Å²) < 4.78 is 5.52. The highest BCUT2D eigenvalue weighted by Gasteiger charge is 2.15. The van der Waals surface area contributed by atoms with Crippen LogP contribution < -0.4 is 15.8 Å². The lowest BCUT2D eigenvalue weighted by Crippen LogP contribution is -2.36. The van der Waals surface area contributed by atoms with E-state index in [0.717, 1.165) is 12.0 Å². The number of carbonyl (C=O) groups is 1. The van der Waals surface area contributed by atoms with E-state index in [0.29, 0.717) is 10.8 Å². The van der Waals surface area contributed by atoms with Crippen LogP contribution >= 0.6 is 11.6 Å². The Morgan fingerprint density at radius 3 is 2.80 bits per heavy atom. The fourth-order valence-electron chi connectivity index (χ4n) is 1.66. The molecule has 0 spiro atoms. The molecule has 20 heavy (non-hydrogen) atoms. The van der Waals surface area contributed by atoms with Crippen LogP contribution in [0.1, 0.15) is 19.4 Å². The molecule has 4 nitrogen and oxygen atoms in total. The fourth-order valence-corrected chi connectivity index (χ4v) is 1.91. The average molecular weight is 295 g/mol. The Kier molecular flexibility index (Phi) is 6.37. The number of nitrogens with two attached hydrogens (primary N) is 1. The number of terminal acetylenes is 1. The Balaban J connectivity index is 2.68. The maximum Gasteiger partial charge on any atom is 0.261 e. The first kappa shape index (κ1) is 16.4. The number of benzene rings is 1. The Morgan fingerprint density at radius 2 is 2.25 bits per heavy atom. The molecule has 1 aromatic carbocycles. The van der Waals surface area contributed by atoms with Crippen LogP contribution in [0.3, 0.4) is 0 Å². The molecule has 108 valence electrons. The standard InChI is InChI=1S/C15H19ClN2O2/c1-4-7-18-15(19)11(3)20-14-6-5-12(8-10(2)17)9-13(14)16/h1,5-6,9-11H,7-8,17H2,2-3H3,(H,18,19). The molecule has 0 saturated heterocycles. The molecule has 0 fully saturated rings. The van der Waals surface area contributed by atoms with Gasteiger partial charge < -0.3 is 15.8 Å². The summed E-state index contributed by atoms with van der Waals surface area (Å²) >= 11 is 6.14. The van der Waals surface area contributed by atoms with Crippen LogP contribution in [0.25, 0.3) is 0 Å². The van der Waals surface area contributed by atoms with E-state index in [-0.39, 0.29) is 18.5 Å². The molecule has 1 rings (SSSR count). The van der Waals surface area contributed by atoms with E-state index in [1.807, 2.05) is 13.0 Å². The molecule has 0 heterocycles. The normalized spacial score (nSPS) is 13.2. The molecule has 0 aliphatic heterocycles. The van der Waals surface area contributed by atoms with Crippen LogP contribution in [0, 0.1) is 12.3 Å². The van der Waals surface area contributed by atoms with Crippen molar-refractivity contribution in [1.82, 2.24) is 5.32 Å². The minimum atomic E-state index is -0.667. The number of hydrogen-bond acceptors (Lipinski definition) is 3. The minimum Gasteiger partial charge on any atom is -0.479 e. The Hall–Kier alpha value is -1.70. The van der Waals surface area contributed by atoms with Crippen molar-refractivity contribution in [3.63, 3.8) is 0 Å². The van der Waals surface area contributed by atoms with Gasteiger partial charge in [-0.05, 0) is 38.0 Å². The maximum atomic E-state index is 11.6. The molecule has 0 saturated carbocycles. The lowest BCUT2D eigenvalue weighted by Gasteiger charge is -2.15. The van der Waals surface area contributed by atoms with Gasteiger partial charge in [0.25, 0.3) is 5.91 Å². The quantitative estimate of drug-likeness (QED) is 0.786. The van der Waals surface area contributed by atoms with E-state index < -0.39 is 6.10 Å². The molecule has 2 unspecified atom stereocenters. The van der Waals surface area contributed by atoms with E-state index in [9.17, 15) is 4.79 Å². The van der Waals surface area contributed by atoms with Gasteiger partial charge in [-0.15, -0.1) is 6.42 Å². The molecule has 5 heteroatoms. The topological polar surface area (TPSA) is 64.3 Å². The highest BCUT2D eigenvalue weighted by Crippen LogP contribution is 2.26. The van der Waals surface area contributed by atoms with E-state index >= 15 is 0 Å². The molecule has 2 atom stereocenters. The molecule has 0 radical (unpaired) electrons. The maximum absolute atomic E-state index is 11.6. The second-order valence-corrected chi connectivity index (χ2v) is 5.04. The predicted molar refractivity (Wildman–Crippen MR) is 80.7 cm³/mol. The second kappa shape index (κ2) is 7.78. The van der Waals surface area contributed by atoms with Crippen LogP contribution in [0.5, 0.6) is 5.75 Å². The first-order valence-corrected chi connectivity index (χ1v) is 6.73. The largest absolute Gasteiger partial charge is 0.479 e. The van der Waals surface area contributed by atoms with Crippen molar-refractivity contribution in [2.75, 3.05) is 6.54 Å². The first-order valence-electron chi connectivity index (χ1n) is 6.36. The summed E-state index contributed by atoms with van der Waals surface area (Å²) in [6.45, 7) is 3.74. The average Bonchev–Trinajstić information content (AvgIpc) is 2.38. The Bertz CT molecular complexity index is 509. The van der Waals surface area contributed by atoms with E-state index in [2.05, 4.69) is 11.2 Å². The monoisotopic (exact) mass is 294 g/mol. The summed E-state index contributed by atoms with van der Waals surface area (Å²) in [6.07, 6.45) is 5.14. The second-order valence-electron chi connectivity index (χ2n) is 4.63. The summed E-state index contributed by atoms with van der Waals surface area (Å²) in [5, 5.41) is 3.01. The highest BCUT2D eigenvalue weighted by atomic mass is 35.5. The zero-order valence-corrected chi connectivity index (χ0v) is 12.4. The molecule has 0 aliphatic carbocycles. The van der Waals surface area contributed by atoms with Gasteiger partial charge in [-0.1, -0.05) is 23.6 Å². The zero-order valence-electron chi connectivity index (χ0n) is 11.7. The number of amides is 1.